The molecule has 0 heterocycles. The Kier molecular flexibility index (Phi) is 5.84. The molecule has 0 spiro atoms. The average Bonchev–Trinajstić information content (AvgIpc) is 2.40. The highest BCUT2D eigenvalue weighted by molar-refractivity contribution is 5.81. The molecule has 0 radical (unpaired) electrons. The molecule has 0 aromatic rings. The van der Waals surface area contributed by atoms with Crippen LogP contribution in [0.5, 0.6) is 0 Å². The number of ether oxygens (including phenoxy) is 1. The predicted molar refractivity (Wildman–Crippen MR) is 79.1 cm³/mol. The van der Waals surface area contributed by atoms with E-state index in [9.17, 15) is 4.79 Å². The van der Waals surface area contributed by atoms with E-state index in [0.29, 0.717) is 12.0 Å². The van der Waals surface area contributed by atoms with Gasteiger partial charge in [-0.3, -0.25) is 4.79 Å². The number of hydrogen-bond acceptors (Lipinski definition) is 3. The Labute approximate surface area is 118 Å². The molecule has 1 aliphatic rings. The topological polar surface area (TPSA) is 38.3 Å². The summed E-state index contributed by atoms with van der Waals surface area (Å²) < 4.78 is 5.28. The third-order valence-electron chi connectivity index (χ3n) is 5.04. The summed E-state index contributed by atoms with van der Waals surface area (Å²) in [6.07, 6.45) is 5.26. The van der Waals surface area contributed by atoms with E-state index >= 15 is 0 Å². The van der Waals surface area contributed by atoms with Gasteiger partial charge in [0.1, 0.15) is 5.54 Å². The Morgan fingerprint density at radius 3 is 2.26 bits per heavy atom. The first-order valence-corrected chi connectivity index (χ1v) is 7.84. The third kappa shape index (κ3) is 3.71. The number of carbonyl (C=O) groups is 1. The maximum absolute atomic E-state index is 12.3. The Morgan fingerprint density at radius 2 is 1.84 bits per heavy atom. The van der Waals surface area contributed by atoms with Crippen LogP contribution in [0.25, 0.3) is 0 Å². The van der Waals surface area contributed by atoms with Gasteiger partial charge in [-0.2, -0.15) is 0 Å². The van der Waals surface area contributed by atoms with Crippen molar-refractivity contribution in [2.75, 3.05) is 13.2 Å². The van der Waals surface area contributed by atoms with Gasteiger partial charge in [-0.15, -0.1) is 0 Å². The SMILES string of the molecule is CCNC1(C(=O)OCC)CCC(C(C)(C)CC)CC1. The Balaban J connectivity index is 2.72. The summed E-state index contributed by atoms with van der Waals surface area (Å²) in [5.74, 6) is 0.670. The molecule has 1 rings (SSSR count). The molecule has 0 saturated heterocycles. The van der Waals surface area contributed by atoms with Crippen molar-refractivity contribution in [3.63, 3.8) is 0 Å². The summed E-state index contributed by atoms with van der Waals surface area (Å²) in [4.78, 5) is 12.3. The minimum atomic E-state index is -0.426. The molecule has 1 saturated carbocycles. The molecule has 1 aliphatic carbocycles. The fraction of sp³-hybridized carbons (Fsp3) is 0.938. The fourth-order valence-corrected chi connectivity index (χ4v) is 3.24. The first-order valence-electron chi connectivity index (χ1n) is 7.84. The average molecular weight is 269 g/mol. The molecule has 3 nitrogen and oxygen atoms in total. The van der Waals surface area contributed by atoms with Crippen LogP contribution in [0.1, 0.15) is 66.7 Å². The smallest absolute Gasteiger partial charge is 0.326 e. The zero-order chi connectivity index (χ0) is 14.5. The van der Waals surface area contributed by atoms with Gasteiger partial charge in [-0.1, -0.05) is 34.1 Å². The van der Waals surface area contributed by atoms with Crippen LogP contribution in [0.4, 0.5) is 0 Å². The van der Waals surface area contributed by atoms with E-state index in [1.807, 2.05) is 6.92 Å². The molecule has 0 amide bonds. The molecule has 0 atom stereocenters. The van der Waals surface area contributed by atoms with Crippen molar-refractivity contribution >= 4 is 5.97 Å². The van der Waals surface area contributed by atoms with Crippen molar-refractivity contribution in [1.29, 1.82) is 0 Å². The van der Waals surface area contributed by atoms with Gasteiger partial charge in [0.25, 0.3) is 0 Å². The van der Waals surface area contributed by atoms with Crippen molar-refractivity contribution in [2.24, 2.45) is 11.3 Å². The van der Waals surface area contributed by atoms with Crippen LogP contribution in [-0.4, -0.2) is 24.7 Å². The lowest BCUT2D eigenvalue weighted by molar-refractivity contribution is -0.153. The maximum atomic E-state index is 12.3. The van der Waals surface area contributed by atoms with E-state index in [1.165, 1.54) is 6.42 Å². The van der Waals surface area contributed by atoms with Crippen molar-refractivity contribution in [2.45, 2.75) is 72.3 Å². The van der Waals surface area contributed by atoms with Gasteiger partial charge in [0.15, 0.2) is 0 Å². The number of hydrogen-bond donors (Lipinski definition) is 1. The lowest BCUT2D eigenvalue weighted by Crippen LogP contribution is -2.55. The number of carbonyl (C=O) groups excluding carboxylic acids is 1. The molecule has 0 aliphatic heterocycles. The number of nitrogens with one attached hydrogen (secondary N) is 1. The van der Waals surface area contributed by atoms with Crippen LogP contribution in [-0.2, 0) is 9.53 Å². The molecular weight excluding hydrogens is 238 g/mol. The van der Waals surface area contributed by atoms with E-state index in [1.54, 1.807) is 0 Å². The zero-order valence-electron chi connectivity index (χ0n) is 13.3. The monoisotopic (exact) mass is 269 g/mol. The largest absolute Gasteiger partial charge is 0.465 e. The highest BCUT2D eigenvalue weighted by Crippen LogP contribution is 2.43. The summed E-state index contributed by atoms with van der Waals surface area (Å²) in [7, 11) is 0. The lowest BCUT2D eigenvalue weighted by atomic mass is 9.65. The van der Waals surface area contributed by atoms with Crippen molar-refractivity contribution in [1.82, 2.24) is 5.32 Å². The molecule has 0 bridgehead atoms. The Morgan fingerprint density at radius 1 is 1.26 bits per heavy atom. The van der Waals surface area contributed by atoms with Crippen LogP contribution < -0.4 is 5.32 Å². The molecular formula is C16H31NO2. The Hall–Kier alpha value is -0.570. The number of rotatable bonds is 6. The highest BCUT2D eigenvalue weighted by atomic mass is 16.5. The molecule has 1 fully saturated rings. The summed E-state index contributed by atoms with van der Waals surface area (Å²) in [6, 6.07) is 0. The summed E-state index contributed by atoms with van der Waals surface area (Å²) in [5.41, 5.74) is -0.0435. The van der Waals surface area contributed by atoms with Crippen LogP contribution in [0.2, 0.25) is 0 Å². The van der Waals surface area contributed by atoms with Gasteiger partial charge < -0.3 is 10.1 Å². The molecule has 0 unspecified atom stereocenters. The molecule has 112 valence electrons. The molecule has 19 heavy (non-hydrogen) atoms. The second-order valence-corrected chi connectivity index (χ2v) is 6.45. The first-order chi connectivity index (χ1) is 8.91. The minimum absolute atomic E-state index is 0.0513. The predicted octanol–water partition coefficient (Wildman–Crippen LogP) is 3.52. The molecule has 3 heteroatoms. The highest BCUT2D eigenvalue weighted by Gasteiger charge is 2.44. The summed E-state index contributed by atoms with van der Waals surface area (Å²) in [5, 5.41) is 3.40. The standard InChI is InChI=1S/C16H31NO2/c1-6-15(4,5)13-9-11-16(12-10-13,17-7-2)14(18)19-8-3/h13,17H,6-12H2,1-5H3. The zero-order valence-corrected chi connectivity index (χ0v) is 13.3. The van der Waals surface area contributed by atoms with Gasteiger partial charge in [-0.05, 0) is 50.5 Å². The van der Waals surface area contributed by atoms with E-state index in [0.717, 1.165) is 38.1 Å². The van der Waals surface area contributed by atoms with Crippen molar-refractivity contribution < 1.29 is 9.53 Å². The van der Waals surface area contributed by atoms with E-state index in [2.05, 4.69) is 33.0 Å². The number of likely N-dealkylation sites (N-methyl/N-ethyl adjacent to an activating group) is 1. The molecule has 0 aromatic heterocycles. The second-order valence-electron chi connectivity index (χ2n) is 6.45. The van der Waals surface area contributed by atoms with Crippen molar-refractivity contribution in [3.8, 4) is 0 Å². The van der Waals surface area contributed by atoms with E-state index < -0.39 is 5.54 Å². The van der Waals surface area contributed by atoms with Gasteiger partial charge in [0, 0.05) is 0 Å². The number of esters is 1. The van der Waals surface area contributed by atoms with Gasteiger partial charge in [-0.25, -0.2) is 0 Å². The third-order valence-corrected chi connectivity index (χ3v) is 5.04. The van der Waals surface area contributed by atoms with Crippen LogP contribution in [0.15, 0.2) is 0 Å². The van der Waals surface area contributed by atoms with Gasteiger partial charge in [0.2, 0.25) is 0 Å². The van der Waals surface area contributed by atoms with Crippen molar-refractivity contribution in [3.05, 3.63) is 0 Å². The summed E-state index contributed by atoms with van der Waals surface area (Å²) >= 11 is 0. The quantitative estimate of drug-likeness (QED) is 0.750. The van der Waals surface area contributed by atoms with E-state index in [4.69, 9.17) is 4.74 Å². The van der Waals surface area contributed by atoms with Gasteiger partial charge in [0.05, 0.1) is 6.61 Å². The van der Waals surface area contributed by atoms with Gasteiger partial charge >= 0.3 is 5.97 Å². The molecule has 1 N–H and O–H groups in total. The Bertz CT molecular complexity index is 291. The second kappa shape index (κ2) is 6.74. The normalized spacial score (nSPS) is 28.2. The van der Waals surface area contributed by atoms with Crippen LogP contribution >= 0.6 is 0 Å². The molecule has 0 aromatic carbocycles. The maximum Gasteiger partial charge on any atom is 0.326 e. The first kappa shape index (κ1) is 16.5. The summed E-state index contributed by atoms with van der Waals surface area (Å²) in [6.45, 7) is 12.2. The minimum Gasteiger partial charge on any atom is -0.465 e. The lowest BCUT2D eigenvalue weighted by Gasteiger charge is -2.43. The fourth-order valence-electron chi connectivity index (χ4n) is 3.24. The van der Waals surface area contributed by atoms with Crippen LogP contribution in [0, 0.1) is 11.3 Å². The van der Waals surface area contributed by atoms with Crippen LogP contribution in [0.3, 0.4) is 0 Å². The van der Waals surface area contributed by atoms with E-state index in [-0.39, 0.29) is 5.97 Å².